The summed E-state index contributed by atoms with van der Waals surface area (Å²) in [4.78, 5) is 4.61. The molecule has 1 aliphatic heterocycles. The summed E-state index contributed by atoms with van der Waals surface area (Å²) in [5.41, 5.74) is 0.594. The molecule has 5 aliphatic rings. The van der Waals surface area contributed by atoms with E-state index < -0.39 is 0 Å². The van der Waals surface area contributed by atoms with E-state index in [1.807, 2.05) is 11.3 Å². The smallest absolute Gasteiger partial charge is 0.0130 e. The fraction of sp³-hybridized carbons (Fsp3) is 0.810. The van der Waals surface area contributed by atoms with Gasteiger partial charge in [-0.05, 0) is 99.6 Å². The normalized spacial score (nSPS) is 44.6. The summed E-state index contributed by atoms with van der Waals surface area (Å²) in [6.07, 6.45) is 12.0. The van der Waals surface area contributed by atoms with Gasteiger partial charge in [0.25, 0.3) is 0 Å². The molecule has 4 atom stereocenters. The van der Waals surface area contributed by atoms with Crippen LogP contribution in [0.4, 0.5) is 0 Å². The summed E-state index contributed by atoms with van der Waals surface area (Å²) in [5, 5.41) is 2.32. The van der Waals surface area contributed by atoms with Gasteiger partial charge in [0.15, 0.2) is 0 Å². The van der Waals surface area contributed by atoms with Gasteiger partial charge < -0.3 is 4.90 Å². The minimum atomic E-state index is 0.594. The van der Waals surface area contributed by atoms with Crippen LogP contribution < -0.4 is 0 Å². The van der Waals surface area contributed by atoms with E-state index in [2.05, 4.69) is 29.3 Å². The van der Waals surface area contributed by atoms with Crippen molar-refractivity contribution >= 4 is 11.3 Å². The second-order valence-corrected chi connectivity index (χ2v) is 10.1. The van der Waals surface area contributed by atoms with E-state index in [0.717, 1.165) is 29.7 Å². The molecule has 23 heavy (non-hydrogen) atoms. The second-order valence-electron chi connectivity index (χ2n) is 9.11. The van der Waals surface area contributed by atoms with E-state index in [0.29, 0.717) is 5.41 Å². The van der Waals surface area contributed by atoms with Crippen molar-refractivity contribution in [2.45, 2.75) is 70.3 Å². The molecule has 1 aromatic rings. The lowest BCUT2D eigenvalue weighted by molar-refractivity contribution is -0.118. The van der Waals surface area contributed by atoms with Crippen LogP contribution in [0.25, 0.3) is 0 Å². The highest BCUT2D eigenvalue weighted by molar-refractivity contribution is 7.10. The van der Waals surface area contributed by atoms with Gasteiger partial charge in [-0.3, -0.25) is 0 Å². The van der Waals surface area contributed by atoms with Crippen molar-refractivity contribution in [3.63, 3.8) is 0 Å². The first-order valence-electron chi connectivity index (χ1n) is 10.0. The van der Waals surface area contributed by atoms with Crippen LogP contribution in [0.5, 0.6) is 0 Å². The minimum Gasteiger partial charge on any atom is -0.300 e. The third-order valence-corrected chi connectivity index (χ3v) is 8.94. The summed E-state index contributed by atoms with van der Waals surface area (Å²) >= 11 is 2.05. The molecule has 1 saturated heterocycles. The van der Waals surface area contributed by atoms with Gasteiger partial charge in [-0.15, -0.1) is 11.3 Å². The second kappa shape index (κ2) is 5.59. The third kappa shape index (κ3) is 2.28. The fourth-order valence-corrected chi connectivity index (χ4v) is 8.40. The Balaban J connectivity index is 1.53. The molecule has 4 unspecified atom stereocenters. The first-order valence-corrected chi connectivity index (χ1v) is 10.9. The minimum absolute atomic E-state index is 0.594. The lowest BCUT2D eigenvalue weighted by Gasteiger charge is -2.64. The molecule has 0 radical (unpaired) electrons. The van der Waals surface area contributed by atoms with Crippen LogP contribution in [0.2, 0.25) is 0 Å². The molecular weight excluding hydrogens is 298 g/mol. The van der Waals surface area contributed by atoms with E-state index in [9.17, 15) is 0 Å². The van der Waals surface area contributed by atoms with Crippen LogP contribution in [-0.4, -0.2) is 24.0 Å². The molecule has 0 spiro atoms. The molecule has 0 aromatic carbocycles. The molecule has 4 aliphatic carbocycles. The van der Waals surface area contributed by atoms with Gasteiger partial charge in [-0.25, -0.2) is 0 Å². The fourth-order valence-electron chi connectivity index (χ4n) is 7.36. The summed E-state index contributed by atoms with van der Waals surface area (Å²) in [5.74, 6) is 3.96. The van der Waals surface area contributed by atoms with Gasteiger partial charge in [0.1, 0.15) is 0 Å². The van der Waals surface area contributed by atoms with E-state index >= 15 is 0 Å². The zero-order valence-corrected chi connectivity index (χ0v) is 15.4. The van der Waals surface area contributed by atoms with Crippen LogP contribution in [-0.2, 0) is 0 Å². The summed E-state index contributed by atoms with van der Waals surface area (Å²) in [6, 6.07) is 5.55. The van der Waals surface area contributed by atoms with Crippen molar-refractivity contribution in [3.8, 4) is 0 Å². The summed E-state index contributed by atoms with van der Waals surface area (Å²) in [7, 11) is 0. The lowest BCUT2D eigenvalue weighted by atomic mass is 9.43. The molecule has 4 bridgehead atoms. The monoisotopic (exact) mass is 329 g/mol. The van der Waals surface area contributed by atoms with Gasteiger partial charge in [0.05, 0.1) is 0 Å². The number of rotatable bonds is 3. The van der Waals surface area contributed by atoms with Crippen LogP contribution in [0.1, 0.15) is 69.1 Å². The molecule has 1 aromatic heterocycles. The maximum atomic E-state index is 2.89. The quantitative estimate of drug-likeness (QED) is 0.704. The molecule has 2 heterocycles. The van der Waals surface area contributed by atoms with Crippen LogP contribution in [0.15, 0.2) is 17.5 Å². The molecule has 0 amide bonds. The predicted octanol–water partition coefficient (Wildman–Crippen LogP) is 5.53. The SMILES string of the molecule is CC(N1CCCCC1)C12CC3CC(CC(C3)C1c1cccs1)C2. The zero-order chi connectivity index (χ0) is 15.4. The van der Waals surface area contributed by atoms with Crippen molar-refractivity contribution < 1.29 is 0 Å². The van der Waals surface area contributed by atoms with Crippen LogP contribution >= 0.6 is 11.3 Å². The maximum Gasteiger partial charge on any atom is 0.0130 e. The zero-order valence-electron chi connectivity index (χ0n) is 14.5. The average molecular weight is 330 g/mol. The number of thiophene rings is 1. The highest BCUT2D eigenvalue weighted by Gasteiger charge is 2.60. The van der Waals surface area contributed by atoms with Crippen molar-refractivity contribution in [2.75, 3.05) is 13.1 Å². The first kappa shape index (κ1) is 15.0. The van der Waals surface area contributed by atoms with Crippen molar-refractivity contribution in [1.82, 2.24) is 4.90 Å². The van der Waals surface area contributed by atoms with Crippen molar-refractivity contribution in [2.24, 2.45) is 23.2 Å². The maximum absolute atomic E-state index is 2.89. The van der Waals surface area contributed by atoms with Gasteiger partial charge in [0, 0.05) is 16.8 Å². The molecule has 5 fully saturated rings. The van der Waals surface area contributed by atoms with Gasteiger partial charge in [-0.2, -0.15) is 0 Å². The molecule has 0 N–H and O–H groups in total. The van der Waals surface area contributed by atoms with Crippen molar-refractivity contribution in [3.05, 3.63) is 22.4 Å². The highest BCUT2D eigenvalue weighted by atomic mass is 32.1. The first-order chi connectivity index (χ1) is 11.3. The average Bonchev–Trinajstić information content (AvgIpc) is 3.08. The van der Waals surface area contributed by atoms with Crippen molar-refractivity contribution in [1.29, 1.82) is 0 Å². The number of hydrogen-bond acceptors (Lipinski definition) is 2. The molecular formula is C21H31NS. The predicted molar refractivity (Wildman–Crippen MR) is 97.9 cm³/mol. The topological polar surface area (TPSA) is 3.24 Å². The highest BCUT2D eigenvalue weighted by Crippen LogP contribution is 2.68. The summed E-state index contributed by atoms with van der Waals surface area (Å²) in [6.45, 7) is 5.33. The largest absolute Gasteiger partial charge is 0.300 e. The summed E-state index contributed by atoms with van der Waals surface area (Å²) < 4.78 is 0. The Labute approximate surface area is 145 Å². The molecule has 6 rings (SSSR count). The molecule has 2 heteroatoms. The van der Waals surface area contributed by atoms with Gasteiger partial charge >= 0.3 is 0 Å². The number of nitrogens with zero attached hydrogens (tertiary/aromatic N) is 1. The van der Waals surface area contributed by atoms with Crippen LogP contribution in [0.3, 0.4) is 0 Å². The molecule has 1 nitrogen and oxygen atoms in total. The van der Waals surface area contributed by atoms with Crippen LogP contribution in [0, 0.1) is 23.2 Å². The lowest BCUT2D eigenvalue weighted by Crippen LogP contribution is -2.60. The Morgan fingerprint density at radius 2 is 1.83 bits per heavy atom. The standard InChI is InChI=1S/C21H31NS/c1-15(22-7-3-2-4-8-22)21-13-16-10-17(14-21)12-18(11-16)20(21)19-6-5-9-23-19/h5-6,9,15-18,20H,2-4,7-8,10-14H2,1H3. The van der Waals surface area contributed by atoms with E-state index in [1.165, 1.54) is 58.0 Å². The van der Waals surface area contributed by atoms with E-state index in [4.69, 9.17) is 0 Å². The van der Waals surface area contributed by atoms with E-state index in [-0.39, 0.29) is 0 Å². The Bertz CT molecular complexity index is 530. The number of piperidine rings is 1. The van der Waals surface area contributed by atoms with Gasteiger partial charge in [0.2, 0.25) is 0 Å². The Hall–Kier alpha value is -0.340. The third-order valence-electron chi connectivity index (χ3n) is 7.99. The Morgan fingerprint density at radius 1 is 1.09 bits per heavy atom. The number of likely N-dealkylation sites (tertiary alicyclic amines) is 1. The molecule has 126 valence electrons. The molecule has 4 saturated carbocycles. The Kier molecular flexibility index (Phi) is 3.64. The number of hydrogen-bond donors (Lipinski definition) is 0. The van der Waals surface area contributed by atoms with E-state index in [1.54, 1.807) is 11.3 Å². The van der Waals surface area contributed by atoms with Gasteiger partial charge in [-0.1, -0.05) is 12.5 Å². The Morgan fingerprint density at radius 3 is 2.48 bits per heavy atom.